The van der Waals surface area contributed by atoms with Crippen LogP contribution in [0.15, 0.2) is 4.99 Å². The Balaban J connectivity index is 0.00000256. The van der Waals surface area contributed by atoms with Crippen LogP contribution in [0, 0.1) is 11.8 Å². The van der Waals surface area contributed by atoms with Gasteiger partial charge in [-0.1, -0.05) is 20.8 Å². The van der Waals surface area contributed by atoms with Gasteiger partial charge in [0.2, 0.25) is 0 Å². The third-order valence-corrected chi connectivity index (χ3v) is 3.14. The van der Waals surface area contributed by atoms with Gasteiger partial charge in [0.25, 0.3) is 0 Å². The molecule has 1 aliphatic heterocycles. The molecule has 1 saturated heterocycles. The summed E-state index contributed by atoms with van der Waals surface area (Å²) in [6.45, 7) is 10.2. The lowest BCUT2D eigenvalue weighted by molar-refractivity contribution is 0.403. The van der Waals surface area contributed by atoms with Crippen molar-refractivity contribution in [3.63, 3.8) is 0 Å². The predicted molar refractivity (Wildman–Crippen MR) is 86.2 cm³/mol. The maximum absolute atomic E-state index is 4.35. The minimum Gasteiger partial charge on any atom is -0.356 e. The maximum atomic E-state index is 4.35. The van der Waals surface area contributed by atoms with Crippen LogP contribution in [-0.4, -0.2) is 37.5 Å². The largest absolute Gasteiger partial charge is 0.356 e. The molecule has 0 bridgehead atoms. The first-order valence-corrected chi connectivity index (χ1v) is 6.63. The molecule has 0 radical (unpaired) electrons. The second kappa shape index (κ2) is 9.00. The van der Waals surface area contributed by atoms with Crippen LogP contribution in [0.5, 0.6) is 0 Å². The molecule has 102 valence electrons. The van der Waals surface area contributed by atoms with Crippen LogP contribution in [0.25, 0.3) is 0 Å². The number of likely N-dealkylation sites (tertiary alicyclic amines) is 1. The molecular formula is C13H28IN3. The van der Waals surface area contributed by atoms with Gasteiger partial charge in [0.1, 0.15) is 0 Å². The first-order valence-electron chi connectivity index (χ1n) is 6.63. The van der Waals surface area contributed by atoms with Crippen molar-refractivity contribution in [2.24, 2.45) is 16.8 Å². The van der Waals surface area contributed by atoms with Crippen LogP contribution >= 0.6 is 24.0 Å². The number of guanidine groups is 1. The third-order valence-electron chi connectivity index (χ3n) is 3.14. The van der Waals surface area contributed by atoms with E-state index in [1.54, 1.807) is 0 Å². The van der Waals surface area contributed by atoms with Crippen LogP contribution in [0.3, 0.4) is 0 Å². The molecule has 17 heavy (non-hydrogen) atoms. The van der Waals surface area contributed by atoms with E-state index < -0.39 is 0 Å². The first kappa shape index (κ1) is 17.0. The molecule has 1 N–H and O–H groups in total. The molecule has 1 aliphatic rings. The third kappa shape index (κ3) is 5.93. The predicted octanol–water partition coefficient (Wildman–Crippen LogP) is 2.96. The summed E-state index contributed by atoms with van der Waals surface area (Å²) in [5.41, 5.74) is 0. The van der Waals surface area contributed by atoms with E-state index in [1.165, 1.54) is 25.9 Å². The standard InChI is InChI=1S/C13H27N3.HI/c1-5-7-15-13(14-4)16-8-6-12(10-16)9-11(2)3;/h11-12H,5-10H2,1-4H3,(H,14,15);1H. The van der Waals surface area contributed by atoms with Gasteiger partial charge < -0.3 is 10.2 Å². The summed E-state index contributed by atoms with van der Waals surface area (Å²) < 4.78 is 0. The average molecular weight is 353 g/mol. The molecule has 1 heterocycles. The Morgan fingerprint density at radius 2 is 2.18 bits per heavy atom. The van der Waals surface area contributed by atoms with E-state index in [0.29, 0.717) is 0 Å². The SMILES string of the molecule is CCCNC(=NC)N1CCC(CC(C)C)C1.I. The fourth-order valence-electron chi connectivity index (χ4n) is 2.45. The molecule has 1 atom stereocenters. The Kier molecular flexibility index (Phi) is 9.00. The van der Waals surface area contributed by atoms with Crippen LogP contribution in [0.1, 0.15) is 40.0 Å². The molecule has 3 nitrogen and oxygen atoms in total. The lowest BCUT2D eigenvalue weighted by Gasteiger charge is -2.21. The monoisotopic (exact) mass is 353 g/mol. The topological polar surface area (TPSA) is 27.6 Å². The summed E-state index contributed by atoms with van der Waals surface area (Å²) in [7, 11) is 1.88. The lowest BCUT2D eigenvalue weighted by atomic mass is 9.97. The van der Waals surface area contributed by atoms with Gasteiger partial charge in [-0.3, -0.25) is 4.99 Å². The zero-order valence-electron chi connectivity index (χ0n) is 11.7. The molecule has 0 aromatic heterocycles. The minimum atomic E-state index is 0. The van der Waals surface area contributed by atoms with Crippen molar-refractivity contribution >= 4 is 29.9 Å². The van der Waals surface area contributed by atoms with E-state index in [0.717, 1.165) is 30.8 Å². The second-order valence-electron chi connectivity index (χ2n) is 5.20. The van der Waals surface area contributed by atoms with Crippen molar-refractivity contribution < 1.29 is 0 Å². The van der Waals surface area contributed by atoms with Gasteiger partial charge in [0, 0.05) is 26.7 Å². The zero-order chi connectivity index (χ0) is 12.0. The van der Waals surface area contributed by atoms with Gasteiger partial charge in [-0.25, -0.2) is 0 Å². The van der Waals surface area contributed by atoms with Crippen LogP contribution in [-0.2, 0) is 0 Å². The van der Waals surface area contributed by atoms with Gasteiger partial charge in [-0.05, 0) is 31.1 Å². The van der Waals surface area contributed by atoms with Gasteiger partial charge in [0.15, 0.2) is 5.96 Å². The second-order valence-corrected chi connectivity index (χ2v) is 5.20. The van der Waals surface area contributed by atoms with Crippen molar-refractivity contribution in [3.8, 4) is 0 Å². The number of halogens is 1. The molecule has 4 heteroatoms. The highest BCUT2D eigenvalue weighted by Crippen LogP contribution is 2.23. The Morgan fingerprint density at radius 3 is 2.71 bits per heavy atom. The molecule has 1 unspecified atom stereocenters. The molecule has 0 amide bonds. The zero-order valence-corrected chi connectivity index (χ0v) is 14.0. The molecule has 1 fully saturated rings. The fraction of sp³-hybridized carbons (Fsp3) is 0.923. The molecule has 0 saturated carbocycles. The average Bonchev–Trinajstić information content (AvgIpc) is 2.67. The van der Waals surface area contributed by atoms with Crippen molar-refractivity contribution in [1.82, 2.24) is 10.2 Å². The highest BCUT2D eigenvalue weighted by Gasteiger charge is 2.24. The number of nitrogens with one attached hydrogen (secondary N) is 1. The molecule has 0 aromatic rings. The molecule has 0 aromatic carbocycles. The van der Waals surface area contributed by atoms with Crippen molar-refractivity contribution in [1.29, 1.82) is 0 Å². The van der Waals surface area contributed by atoms with Crippen molar-refractivity contribution in [2.45, 2.75) is 40.0 Å². The molecule has 1 rings (SSSR count). The van der Waals surface area contributed by atoms with Crippen LogP contribution in [0.4, 0.5) is 0 Å². The minimum absolute atomic E-state index is 0. The lowest BCUT2D eigenvalue weighted by Crippen LogP contribution is -2.40. The highest BCUT2D eigenvalue weighted by molar-refractivity contribution is 14.0. The molecule has 0 spiro atoms. The van der Waals surface area contributed by atoms with Crippen molar-refractivity contribution in [2.75, 3.05) is 26.7 Å². The number of hydrogen-bond donors (Lipinski definition) is 1. The number of aliphatic imine (C=N–C) groups is 1. The van der Waals surface area contributed by atoms with Gasteiger partial charge in [-0.15, -0.1) is 24.0 Å². The summed E-state index contributed by atoms with van der Waals surface area (Å²) >= 11 is 0. The summed E-state index contributed by atoms with van der Waals surface area (Å²) in [6.07, 6.45) is 3.83. The van der Waals surface area contributed by atoms with E-state index in [4.69, 9.17) is 0 Å². The van der Waals surface area contributed by atoms with Crippen molar-refractivity contribution in [3.05, 3.63) is 0 Å². The van der Waals surface area contributed by atoms with Crippen LogP contribution < -0.4 is 5.32 Å². The normalized spacial score (nSPS) is 20.6. The first-order chi connectivity index (χ1) is 7.67. The van der Waals surface area contributed by atoms with E-state index in [-0.39, 0.29) is 24.0 Å². The molecule has 0 aliphatic carbocycles. The fourth-order valence-corrected chi connectivity index (χ4v) is 2.45. The summed E-state index contributed by atoms with van der Waals surface area (Å²) in [5.74, 6) is 2.77. The summed E-state index contributed by atoms with van der Waals surface area (Å²) in [5, 5.41) is 3.41. The Bertz CT molecular complexity index is 229. The van der Waals surface area contributed by atoms with Gasteiger partial charge >= 0.3 is 0 Å². The Labute approximate surface area is 123 Å². The van der Waals surface area contributed by atoms with Gasteiger partial charge in [-0.2, -0.15) is 0 Å². The van der Waals surface area contributed by atoms with E-state index in [1.807, 2.05) is 7.05 Å². The number of rotatable bonds is 4. The smallest absolute Gasteiger partial charge is 0.193 e. The van der Waals surface area contributed by atoms with Gasteiger partial charge in [0.05, 0.1) is 0 Å². The van der Waals surface area contributed by atoms with E-state index >= 15 is 0 Å². The van der Waals surface area contributed by atoms with Crippen LogP contribution in [0.2, 0.25) is 0 Å². The quantitative estimate of drug-likeness (QED) is 0.478. The summed E-state index contributed by atoms with van der Waals surface area (Å²) in [6, 6.07) is 0. The molecular weight excluding hydrogens is 325 g/mol. The maximum Gasteiger partial charge on any atom is 0.193 e. The van der Waals surface area contributed by atoms with E-state index in [2.05, 4.69) is 36.0 Å². The highest BCUT2D eigenvalue weighted by atomic mass is 127. The van der Waals surface area contributed by atoms with E-state index in [9.17, 15) is 0 Å². The Hall–Kier alpha value is 0. The number of hydrogen-bond acceptors (Lipinski definition) is 1. The Morgan fingerprint density at radius 1 is 1.47 bits per heavy atom. The number of nitrogens with zero attached hydrogens (tertiary/aromatic N) is 2. The summed E-state index contributed by atoms with van der Waals surface area (Å²) in [4.78, 5) is 6.76.